The number of amides is 2. The molecule has 1 aliphatic rings. The first-order valence-corrected chi connectivity index (χ1v) is 8.54. The van der Waals surface area contributed by atoms with E-state index in [9.17, 15) is 18.8 Å². The first-order chi connectivity index (χ1) is 12.9. The maximum atomic E-state index is 13.9. The highest BCUT2D eigenvalue weighted by molar-refractivity contribution is 5.99. The zero-order chi connectivity index (χ0) is 19.4. The summed E-state index contributed by atoms with van der Waals surface area (Å²) in [5.74, 6) is -2.12. The summed E-state index contributed by atoms with van der Waals surface area (Å²) in [6.07, 6.45) is 1.74. The fraction of sp³-hybridized carbons (Fsp3) is 0.250. The number of hydrogen-bond acceptors (Lipinski definition) is 3. The van der Waals surface area contributed by atoms with Crippen LogP contribution < -0.4 is 10.6 Å². The van der Waals surface area contributed by atoms with Crippen LogP contribution in [0.3, 0.4) is 0 Å². The van der Waals surface area contributed by atoms with Crippen molar-refractivity contribution in [1.82, 2.24) is 5.32 Å². The summed E-state index contributed by atoms with van der Waals surface area (Å²) in [4.78, 5) is 34.9. The van der Waals surface area contributed by atoms with Gasteiger partial charge in [0, 0.05) is 11.3 Å². The molecule has 27 heavy (non-hydrogen) atoms. The molecule has 0 aromatic heterocycles. The Morgan fingerprint density at radius 2 is 1.70 bits per heavy atom. The second-order valence-corrected chi connectivity index (χ2v) is 6.66. The van der Waals surface area contributed by atoms with Crippen LogP contribution in [-0.4, -0.2) is 29.4 Å². The highest BCUT2D eigenvalue weighted by Crippen LogP contribution is 2.49. The Bertz CT molecular complexity index is 876. The molecule has 0 spiro atoms. The van der Waals surface area contributed by atoms with E-state index >= 15 is 0 Å². The lowest BCUT2D eigenvalue weighted by molar-refractivity contribution is -0.135. The lowest BCUT2D eigenvalue weighted by Gasteiger charge is -2.16. The molecule has 1 fully saturated rings. The van der Waals surface area contributed by atoms with Crippen molar-refractivity contribution < 1.29 is 23.9 Å². The number of carbonyl (C=O) groups is 3. The summed E-state index contributed by atoms with van der Waals surface area (Å²) in [5, 5.41) is 13.6. The molecule has 1 aliphatic carbocycles. The molecule has 0 saturated heterocycles. The third-order valence-electron chi connectivity index (χ3n) is 4.63. The predicted octanol–water partition coefficient (Wildman–Crippen LogP) is 2.60. The highest BCUT2D eigenvalue weighted by Gasteiger charge is 2.49. The van der Waals surface area contributed by atoms with Gasteiger partial charge in [-0.25, -0.2) is 4.39 Å². The van der Waals surface area contributed by atoms with Crippen LogP contribution in [0, 0.1) is 11.2 Å². The summed E-state index contributed by atoms with van der Waals surface area (Å²) >= 11 is 0. The van der Waals surface area contributed by atoms with Gasteiger partial charge in [-0.15, -0.1) is 0 Å². The monoisotopic (exact) mass is 370 g/mol. The van der Waals surface area contributed by atoms with Crippen molar-refractivity contribution in [3.05, 3.63) is 65.5 Å². The van der Waals surface area contributed by atoms with E-state index in [2.05, 4.69) is 10.6 Å². The SMILES string of the molecule is O=C(O)CNC(=O)c1ccc(NC(=O)C2(Cc3ccccc3F)CC2)cc1. The molecule has 140 valence electrons. The van der Waals surface area contributed by atoms with Crippen LogP contribution in [-0.2, 0) is 16.0 Å². The summed E-state index contributed by atoms with van der Waals surface area (Å²) in [5.41, 5.74) is 0.742. The number of nitrogens with one attached hydrogen (secondary N) is 2. The van der Waals surface area contributed by atoms with Crippen LogP contribution in [0.25, 0.3) is 0 Å². The summed E-state index contributed by atoms with van der Waals surface area (Å²) in [7, 11) is 0. The van der Waals surface area contributed by atoms with Crippen molar-refractivity contribution in [3.63, 3.8) is 0 Å². The summed E-state index contributed by atoms with van der Waals surface area (Å²) in [6, 6.07) is 12.6. The minimum Gasteiger partial charge on any atom is -0.480 e. The summed E-state index contributed by atoms with van der Waals surface area (Å²) < 4.78 is 13.9. The van der Waals surface area contributed by atoms with Crippen LogP contribution in [0.4, 0.5) is 10.1 Å². The smallest absolute Gasteiger partial charge is 0.322 e. The van der Waals surface area contributed by atoms with Gasteiger partial charge in [-0.3, -0.25) is 14.4 Å². The Kier molecular flexibility index (Phi) is 5.21. The molecule has 0 unspecified atom stereocenters. The molecule has 0 aliphatic heterocycles. The number of benzene rings is 2. The zero-order valence-electron chi connectivity index (χ0n) is 14.5. The number of aliphatic carboxylic acids is 1. The molecule has 1 saturated carbocycles. The second kappa shape index (κ2) is 7.57. The molecule has 3 N–H and O–H groups in total. The van der Waals surface area contributed by atoms with Crippen molar-refractivity contribution >= 4 is 23.5 Å². The van der Waals surface area contributed by atoms with Gasteiger partial charge < -0.3 is 15.7 Å². The average Bonchev–Trinajstić information content (AvgIpc) is 3.43. The fourth-order valence-corrected chi connectivity index (χ4v) is 2.87. The molecule has 0 heterocycles. The average molecular weight is 370 g/mol. The fourth-order valence-electron chi connectivity index (χ4n) is 2.87. The Morgan fingerprint density at radius 1 is 1.04 bits per heavy atom. The molecule has 6 nitrogen and oxygen atoms in total. The number of rotatable bonds is 7. The van der Waals surface area contributed by atoms with Crippen molar-refractivity contribution in [3.8, 4) is 0 Å². The Hall–Kier alpha value is -3.22. The number of carbonyl (C=O) groups excluding carboxylic acids is 2. The molecule has 3 rings (SSSR count). The van der Waals surface area contributed by atoms with E-state index in [1.54, 1.807) is 30.3 Å². The normalized spacial score (nSPS) is 14.3. The molecule has 2 aromatic carbocycles. The van der Waals surface area contributed by atoms with Gasteiger partial charge in [0.1, 0.15) is 12.4 Å². The minimum atomic E-state index is -1.13. The Labute approximate surface area is 155 Å². The van der Waals surface area contributed by atoms with Crippen molar-refractivity contribution in [1.29, 1.82) is 0 Å². The van der Waals surface area contributed by atoms with Crippen LogP contribution in [0.5, 0.6) is 0 Å². The maximum Gasteiger partial charge on any atom is 0.322 e. The molecule has 2 aromatic rings. The van der Waals surface area contributed by atoms with Gasteiger partial charge in [0.2, 0.25) is 5.91 Å². The number of hydrogen-bond donors (Lipinski definition) is 3. The standard InChI is InChI=1S/C20H19FN2O4/c21-16-4-2-1-3-14(16)11-20(9-10-20)19(27)23-15-7-5-13(6-8-15)18(26)22-12-17(24)25/h1-8H,9-12H2,(H,22,26)(H,23,27)(H,24,25). The van der Waals surface area contributed by atoms with Gasteiger partial charge >= 0.3 is 5.97 Å². The molecular weight excluding hydrogens is 351 g/mol. The van der Waals surface area contributed by atoms with Crippen molar-refractivity contribution in [2.75, 3.05) is 11.9 Å². The molecule has 7 heteroatoms. The van der Waals surface area contributed by atoms with E-state index in [0.29, 0.717) is 36.1 Å². The van der Waals surface area contributed by atoms with E-state index < -0.39 is 23.8 Å². The second-order valence-electron chi connectivity index (χ2n) is 6.66. The quantitative estimate of drug-likeness (QED) is 0.698. The molecule has 0 bridgehead atoms. The Balaban J connectivity index is 1.62. The van der Waals surface area contributed by atoms with Crippen LogP contribution in [0.15, 0.2) is 48.5 Å². The van der Waals surface area contributed by atoms with Crippen LogP contribution in [0.1, 0.15) is 28.8 Å². The summed E-state index contributed by atoms with van der Waals surface area (Å²) in [6.45, 7) is -0.462. The molecule has 2 amide bonds. The molecular formula is C20H19FN2O4. The number of halogens is 1. The van der Waals surface area contributed by atoms with Gasteiger partial charge in [-0.2, -0.15) is 0 Å². The van der Waals surface area contributed by atoms with Crippen molar-refractivity contribution in [2.24, 2.45) is 5.41 Å². The zero-order valence-corrected chi connectivity index (χ0v) is 14.5. The van der Waals surface area contributed by atoms with Gasteiger partial charge in [-0.1, -0.05) is 18.2 Å². The first kappa shape index (κ1) is 18.6. The van der Waals surface area contributed by atoms with Gasteiger partial charge in [-0.05, 0) is 55.2 Å². The lowest BCUT2D eigenvalue weighted by Crippen LogP contribution is -2.29. The largest absolute Gasteiger partial charge is 0.480 e. The van der Waals surface area contributed by atoms with E-state index in [4.69, 9.17) is 5.11 Å². The minimum absolute atomic E-state index is 0.172. The third kappa shape index (κ3) is 4.49. The van der Waals surface area contributed by atoms with E-state index in [0.717, 1.165) is 0 Å². The molecule has 0 radical (unpaired) electrons. The Morgan fingerprint density at radius 3 is 2.30 bits per heavy atom. The van der Waals surface area contributed by atoms with Gasteiger partial charge in [0.25, 0.3) is 5.91 Å². The first-order valence-electron chi connectivity index (χ1n) is 8.54. The number of carboxylic acid groups (broad SMARTS) is 1. The lowest BCUT2D eigenvalue weighted by atomic mass is 9.95. The van der Waals surface area contributed by atoms with Crippen LogP contribution in [0.2, 0.25) is 0 Å². The van der Waals surface area contributed by atoms with Crippen LogP contribution >= 0.6 is 0 Å². The number of anilines is 1. The third-order valence-corrected chi connectivity index (χ3v) is 4.63. The van der Waals surface area contributed by atoms with Crippen molar-refractivity contribution in [2.45, 2.75) is 19.3 Å². The van der Waals surface area contributed by atoms with E-state index in [-0.39, 0.29) is 11.7 Å². The topological polar surface area (TPSA) is 95.5 Å². The van der Waals surface area contributed by atoms with E-state index in [1.807, 2.05) is 0 Å². The van der Waals surface area contributed by atoms with Gasteiger partial charge in [0.05, 0.1) is 5.41 Å². The van der Waals surface area contributed by atoms with E-state index in [1.165, 1.54) is 18.2 Å². The molecule has 0 atom stereocenters. The highest BCUT2D eigenvalue weighted by atomic mass is 19.1. The number of carboxylic acids is 1. The predicted molar refractivity (Wildman–Crippen MR) is 96.8 cm³/mol. The maximum absolute atomic E-state index is 13.9. The van der Waals surface area contributed by atoms with Gasteiger partial charge in [0.15, 0.2) is 0 Å².